The van der Waals surface area contributed by atoms with Crippen LogP contribution in [-0.2, 0) is 16.0 Å². The van der Waals surface area contributed by atoms with Crippen molar-refractivity contribution >= 4 is 22.8 Å². The van der Waals surface area contributed by atoms with Crippen LogP contribution in [0.1, 0.15) is 41.9 Å². The predicted octanol–water partition coefficient (Wildman–Crippen LogP) is 4.23. The number of nitrogens with one attached hydrogen (secondary N) is 1. The van der Waals surface area contributed by atoms with Gasteiger partial charge in [-0.25, -0.2) is 4.79 Å². The lowest BCUT2D eigenvalue weighted by Gasteiger charge is -2.18. The van der Waals surface area contributed by atoms with Gasteiger partial charge in [0.2, 0.25) is 0 Å². The van der Waals surface area contributed by atoms with Crippen LogP contribution < -0.4 is 5.32 Å². The van der Waals surface area contributed by atoms with Crippen LogP contribution in [-0.4, -0.2) is 29.0 Å². The summed E-state index contributed by atoms with van der Waals surface area (Å²) in [5.74, 6) is -0.819. The van der Waals surface area contributed by atoms with Crippen LogP contribution in [0.5, 0.6) is 0 Å². The third-order valence-electron chi connectivity index (χ3n) is 4.81. The molecule has 1 N–H and O–H groups in total. The molecule has 1 amide bonds. The van der Waals surface area contributed by atoms with Crippen molar-refractivity contribution in [2.45, 2.75) is 45.8 Å². The number of hydrogen-bond acceptors (Lipinski definition) is 4. The summed E-state index contributed by atoms with van der Waals surface area (Å²) in [5.41, 5.74) is 3.10. The molecule has 1 heterocycles. The summed E-state index contributed by atoms with van der Waals surface area (Å²) in [6.45, 7) is 5.37. The van der Waals surface area contributed by atoms with Crippen LogP contribution in [0.2, 0.25) is 0 Å². The first-order valence-electron chi connectivity index (χ1n) is 9.85. The zero-order chi connectivity index (χ0) is 20.8. The topological polar surface area (TPSA) is 68.3 Å². The van der Waals surface area contributed by atoms with E-state index in [-0.39, 0.29) is 11.9 Å². The fourth-order valence-electron chi connectivity index (χ4n) is 3.21. The Bertz CT molecular complexity index is 1000. The van der Waals surface area contributed by atoms with Crippen molar-refractivity contribution in [3.8, 4) is 0 Å². The predicted molar refractivity (Wildman–Crippen MR) is 114 cm³/mol. The number of esters is 1. The highest BCUT2D eigenvalue weighted by Gasteiger charge is 2.22. The smallest absolute Gasteiger partial charge is 0.339 e. The van der Waals surface area contributed by atoms with Crippen LogP contribution >= 0.6 is 0 Å². The van der Waals surface area contributed by atoms with Crippen molar-refractivity contribution in [3.05, 3.63) is 77.5 Å². The molecule has 1 aromatic heterocycles. The van der Waals surface area contributed by atoms with Gasteiger partial charge < -0.3 is 10.1 Å². The maximum Gasteiger partial charge on any atom is 0.339 e. The number of benzene rings is 2. The lowest BCUT2D eigenvalue weighted by Crippen LogP contribution is -2.41. The molecule has 0 bridgehead atoms. The molecule has 29 heavy (non-hydrogen) atoms. The highest BCUT2D eigenvalue weighted by atomic mass is 16.5. The number of nitrogens with zero attached hydrogens (tertiary/aromatic N) is 1. The molecule has 2 atom stereocenters. The summed E-state index contributed by atoms with van der Waals surface area (Å²) < 4.78 is 5.45. The maximum atomic E-state index is 12.7. The van der Waals surface area contributed by atoms with Gasteiger partial charge in [-0.05, 0) is 51.3 Å². The number of aromatic nitrogens is 1. The van der Waals surface area contributed by atoms with Crippen molar-refractivity contribution in [3.63, 3.8) is 0 Å². The summed E-state index contributed by atoms with van der Waals surface area (Å²) in [6, 6.07) is 19.2. The molecule has 0 saturated heterocycles. The van der Waals surface area contributed by atoms with E-state index in [9.17, 15) is 9.59 Å². The number of amides is 1. The molecule has 3 rings (SSSR count). The maximum absolute atomic E-state index is 12.7. The Labute approximate surface area is 171 Å². The molecule has 0 fully saturated rings. The summed E-state index contributed by atoms with van der Waals surface area (Å²) in [4.78, 5) is 29.6. The first kappa shape index (κ1) is 20.5. The number of aryl methyl sites for hydroxylation is 2. The molecular weight excluding hydrogens is 364 g/mol. The summed E-state index contributed by atoms with van der Waals surface area (Å²) in [7, 11) is 0. The van der Waals surface area contributed by atoms with Crippen molar-refractivity contribution in [1.82, 2.24) is 10.3 Å². The average molecular weight is 390 g/mol. The minimum absolute atomic E-state index is 0.0205. The molecule has 0 spiro atoms. The van der Waals surface area contributed by atoms with E-state index in [2.05, 4.69) is 22.4 Å². The number of hydrogen-bond donors (Lipinski definition) is 1. The molecule has 150 valence electrons. The molecule has 5 nitrogen and oxygen atoms in total. The molecule has 0 radical (unpaired) electrons. The quantitative estimate of drug-likeness (QED) is 0.613. The standard InChI is InChI=1S/C24H26N2O3/c1-16(13-14-19-9-5-4-6-10-19)26-23(27)18(3)29-24(28)21-15-17(2)25-22-12-8-7-11-20(21)22/h4-12,15-16,18H,13-14H2,1-3H3,(H,26,27)/t16-,18-/m1/s1. The highest BCUT2D eigenvalue weighted by Crippen LogP contribution is 2.19. The van der Waals surface area contributed by atoms with Crippen molar-refractivity contribution in [2.24, 2.45) is 0 Å². The Balaban J connectivity index is 1.59. The Morgan fingerprint density at radius 2 is 1.72 bits per heavy atom. The van der Waals surface area contributed by atoms with E-state index >= 15 is 0 Å². The van der Waals surface area contributed by atoms with Crippen LogP contribution in [0.4, 0.5) is 0 Å². The van der Waals surface area contributed by atoms with Crippen LogP contribution in [0.25, 0.3) is 10.9 Å². The minimum atomic E-state index is -0.881. The van der Waals surface area contributed by atoms with Gasteiger partial charge in [0.05, 0.1) is 11.1 Å². The molecule has 0 saturated carbocycles. The van der Waals surface area contributed by atoms with E-state index in [0.717, 1.165) is 24.1 Å². The third-order valence-corrected chi connectivity index (χ3v) is 4.81. The second-order valence-corrected chi connectivity index (χ2v) is 7.31. The Morgan fingerprint density at radius 3 is 2.48 bits per heavy atom. The normalized spacial score (nSPS) is 12.9. The minimum Gasteiger partial charge on any atom is -0.449 e. The van der Waals surface area contributed by atoms with Gasteiger partial charge in [-0.15, -0.1) is 0 Å². The lowest BCUT2D eigenvalue weighted by molar-refractivity contribution is -0.129. The molecule has 0 unspecified atom stereocenters. The van der Waals surface area contributed by atoms with E-state index in [1.165, 1.54) is 5.56 Å². The van der Waals surface area contributed by atoms with E-state index in [0.29, 0.717) is 10.9 Å². The summed E-state index contributed by atoms with van der Waals surface area (Å²) in [6.07, 6.45) is 0.803. The molecule has 2 aromatic carbocycles. The van der Waals surface area contributed by atoms with Crippen LogP contribution in [0.15, 0.2) is 60.7 Å². The van der Waals surface area contributed by atoms with Gasteiger partial charge in [-0.3, -0.25) is 9.78 Å². The Kier molecular flexibility index (Phi) is 6.60. The number of carbonyl (C=O) groups is 2. The second-order valence-electron chi connectivity index (χ2n) is 7.31. The van der Waals surface area contributed by atoms with Gasteiger partial charge in [0.15, 0.2) is 6.10 Å². The summed E-state index contributed by atoms with van der Waals surface area (Å²) in [5, 5.41) is 3.64. The van der Waals surface area contributed by atoms with E-state index in [1.54, 1.807) is 13.0 Å². The molecule has 3 aromatic rings. The first-order valence-corrected chi connectivity index (χ1v) is 9.85. The molecule has 0 aliphatic carbocycles. The van der Waals surface area contributed by atoms with E-state index in [4.69, 9.17) is 4.74 Å². The fourth-order valence-corrected chi connectivity index (χ4v) is 3.21. The van der Waals surface area contributed by atoms with Gasteiger partial charge in [0, 0.05) is 17.1 Å². The average Bonchev–Trinajstić information content (AvgIpc) is 2.72. The number of fused-ring (bicyclic) bond motifs is 1. The largest absolute Gasteiger partial charge is 0.449 e. The zero-order valence-electron chi connectivity index (χ0n) is 17.0. The zero-order valence-corrected chi connectivity index (χ0v) is 17.0. The number of para-hydroxylation sites is 1. The van der Waals surface area contributed by atoms with Crippen molar-refractivity contribution < 1.29 is 14.3 Å². The van der Waals surface area contributed by atoms with E-state index in [1.807, 2.05) is 56.3 Å². The summed E-state index contributed by atoms with van der Waals surface area (Å²) >= 11 is 0. The first-order chi connectivity index (χ1) is 13.9. The molecular formula is C24H26N2O3. The second kappa shape index (κ2) is 9.32. The van der Waals surface area contributed by atoms with Gasteiger partial charge >= 0.3 is 5.97 Å². The van der Waals surface area contributed by atoms with Crippen molar-refractivity contribution in [2.75, 3.05) is 0 Å². The van der Waals surface area contributed by atoms with Gasteiger partial charge in [-0.1, -0.05) is 48.5 Å². The monoisotopic (exact) mass is 390 g/mol. The van der Waals surface area contributed by atoms with Crippen LogP contribution in [0.3, 0.4) is 0 Å². The molecule has 5 heteroatoms. The van der Waals surface area contributed by atoms with Crippen LogP contribution in [0, 0.1) is 6.92 Å². The number of carbonyl (C=O) groups excluding carboxylic acids is 2. The number of pyridine rings is 1. The highest BCUT2D eigenvalue weighted by molar-refractivity contribution is 6.04. The Morgan fingerprint density at radius 1 is 1.03 bits per heavy atom. The van der Waals surface area contributed by atoms with Gasteiger partial charge in [0.25, 0.3) is 5.91 Å². The molecule has 0 aliphatic heterocycles. The number of rotatable bonds is 7. The van der Waals surface area contributed by atoms with E-state index < -0.39 is 12.1 Å². The SMILES string of the molecule is Cc1cc(C(=O)O[C@H](C)C(=O)N[C@H](C)CCc2ccccc2)c2ccccc2n1. The fraction of sp³-hybridized carbons (Fsp3) is 0.292. The third kappa shape index (κ3) is 5.41. The Hall–Kier alpha value is -3.21. The molecule has 0 aliphatic rings. The van der Waals surface area contributed by atoms with Crippen molar-refractivity contribution in [1.29, 1.82) is 0 Å². The number of ether oxygens (including phenoxy) is 1. The van der Waals surface area contributed by atoms with Gasteiger partial charge in [0.1, 0.15) is 0 Å². The lowest BCUT2D eigenvalue weighted by atomic mass is 10.1. The van der Waals surface area contributed by atoms with Gasteiger partial charge in [-0.2, -0.15) is 0 Å².